The van der Waals surface area contributed by atoms with Gasteiger partial charge in [0.2, 0.25) is 0 Å². The lowest BCUT2D eigenvalue weighted by atomic mass is 10.0. The number of ether oxygens (including phenoxy) is 2. The smallest absolute Gasteiger partial charge is 0.127 e. The lowest BCUT2D eigenvalue weighted by Crippen LogP contribution is -2.13. The van der Waals surface area contributed by atoms with Crippen LogP contribution in [0.2, 0.25) is 0 Å². The molecule has 0 heterocycles. The molecule has 0 saturated carbocycles. The number of rotatable bonds is 12. The Hall–Kier alpha value is -7.82. The van der Waals surface area contributed by atoms with Gasteiger partial charge < -0.3 is 19.3 Å². The molecule has 9 rings (SSSR count). The van der Waals surface area contributed by atoms with E-state index in [1.165, 1.54) is 10.8 Å². The van der Waals surface area contributed by atoms with Crippen LogP contribution >= 0.6 is 0 Å². The van der Waals surface area contributed by atoms with Gasteiger partial charge >= 0.3 is 0 Å². The van der Waals surface area contributed by atoms with Crippen LogP contribution in [-0.4, -0.2) is 0 Å². The molecule has 4 nitrogen and oxygen atoms in total. The number of anilines is 6. The van der Waals surface area contributed by atoms with E-state index in [1.807, 2.05) is 84.9 Å². The Balaban J connectivity index is 1.14. The standard InChI is InChI=1S/C54H40N2O2/c1-3-39-22-30-47(31-23-39)57-49-34-26-43(27-35-49)55(53-20-9-14-41-12-5-7-18-51(41)53)45-16-11-17-46(38-45)56(54-21-10-15-42-13-6-8-19-52(42)54)44-28-36-50(37-29-44)58-48-32-24-40(4-2)25-33-48/h3-38H,1-2H2. The zero-order chi connectivity index (χ0) is 39.3. The number of hydrogen-bond acceptors (Lipinski definition) is 4. The Kier molecular flexibility index (Phi) is 9.96. The molecule has 0 radical (unpaired) electrons. The van der Waals surface area contributed by atoms with Gasteiger partial charge in [0.1, 0.15) is 23.0 Å². The van der Waals surface area contributed by atoms with Crippen molar-refractivity contribution in [2.75, 3.05) is 9.80 Å². The molecule has 0 unspecified atom stereocenters. The van der Waals surface area contributed by atoms with Crippen LogP contribution in [0.4, 0.5) is 34.1 Å². The van der Waals surface area contributed by atoms with E-state index in [4.69, 9.17) is 9.47 Å². The maximum atomic E-state index is 6.26. The van der Waals surface area contributed by atoms with E-state index in [-0.39, 0.29) is 0 Å². The molecular formula is C54H40N2O2. The largest absolute Gasteiger partial charge is 0.457 e. The second-order valence-corrected chi connectivity index (χ2v) is 13.9. The first kappa shape index (κ1) is 35.9. The Morgan fingerprint density at radius 3 is 1.07 bits per heavy atom. The molecule has 58 heavy (non-hydrogen) atoms. The van der Waals surface area contributed by atoms with Crippen LogP contribution in [0.3, 0.4) is 0 Å². The predicted octanol–water partition coefficient (Wildman–Crippen LogP) is 15.8. The number of fused-ring (bicyclic) bond motifs is 2. The first-order valence-electron chi connectivity index (χ1n) is 19.3. The molecule has 0 aromatic heterocycles. The third-order valence-electron chi connectivity index (χ3n) is 10.3. The van der Waals surface area contributed by atoms with Crippen molar-refractivity contribution in [3.63, 3.8) is 0 Å². The Labute approximate surface area is 339 Å². The van der Waals surface area contributed by atoms with Gasteiger partial charge in [-0.1, -0.05) is 128 Å². The summed E-state index contributed by atoms with van der Waals surface area (Å²) in [5, 5.41) is 4.64. The molecule has 0 amide bonds. The molecule has 0 aliphatic heterocycles. The van der Waals surface area contributed by atoms with Crippen molar-refractivity contribution in [2.45, 2.75) is 0 Å². The Morgan fingerprint density at radius 2 is 0.672 bits per heavy atom. The normalized spacial score (nSPS) is 10.9. The average molecular weight is 749 g/mol. The van der Waals surface area contributed by atoms with Crippen molar-refractivity contribution < 1.29 is 9.47 Å². The van der Waals surface area contributed by atoms with Crippen molar-refractivity contribution in [3.8, 4) is 23.0 Å². The maximum Gasteiger partial charge on any atom is 0.127 e. The van der Waals surface area contributed by atoms with Gasteiger partial charge in [-0.25, -0.2) is 0 Å². The van der Waals surface area contributed by atoms with Gasteiger partial charge in [-0.3, -0.25) is 0 Å². The first-order chi connectivity index (χ1) is 28.6. The van der Waals surface area contributed by atoms with E-state index in [0.29, 0.717) is 0 Å². The molecule has 0 fully saturated rings. The average Bonchev–Trinajstić information content (AvgIpc) is 3.28. The summed E-state index contributed by atoms with van der Waals surface area (Å²) >= 11 is 0. The van der Waals surface area contributed by atoms with Crippen LogP contribution in [0.1, 0.15) is 11.1 Å². The highest BCUT2D eigenvalue weighted by molar-refractivity contribution is 6.01. The Morgan fingerprint density at radius 1 is 0.328 bits per heavy atom. The summed E-state index contributed by atoms with van der Waals surface area (Å²) in [7, 11) is 0. The lowest BCUT2D eigenvalue weighted by molar-refractivity contribution is 0.482. The van der Waals surface area contributed by atoms with Crippen LogP contribution < -0.4 is 19.3 Å². The summed E-state index contributed by atoms with van der Waals surface area (Å²) in [5.74, 6) is 3.05. The van der Waals surface area contributed by atoms with E-state index in [9.17, 15) is 0 Å². The van der Waals surface area contributed by atoms with Gasteiger partial charge in [0.25, 0.3) is 0 Å². The van der Waals surface area contributed by atoms with Gasteiger partial charge in [0, 0.05) is 33.5 Å². The summed E-state index contributed by atoms with van der Waals surface area (Å²) in [6, 6.07) is 71.2. The third kappa shape index (κ3) is 7.43. The van der Waals surface area contributed by atoms with Crippen molar-refractivity contribution in [3.05, 3.63) is 231 Å². The topological polar surface area (TPSA) is 24.9 Å². The minimum absolute atomic E-state index is 0.755. The van der Waals surface area contributed by atoms with Crippen LogP contribution in [-0.2, 0) is 0 Å². The number of hydrogen-bond donors (Lipinski definition) is 0. The lowest BCUT2D eigenvalue weighted by Gasteiger charge is -2.30. The van der Waals surface area contributed by atoms with Gasteiger partial charge in [0.15, 0.2) is 0 Å². The van der Waals surface area contributed by atoms with Gasteiger partial charge in [-0.05, 0) is 125 Å². The molecule has 278 valence electrons. The van der Waals surface area contributed by atoms with Crippen LogP contribution in [0.25, 0.3) is 33.7 Å². The highest BCUT2D eigenvalue weighted by Gasteiger charge is 2.20. The minimum Gasteiger partial charge on any atom is -0.457 e. The highest BCUT2D eigenvalue weighted by atomic mass is 16.5. The van der Waals surface area contributed by atoms with E-state index in [2.05, 4.69) is 156 Å². The summed E-state index contributed by atoms with van der Waals surface area (Å²) < 4.78 is 12.5. The second-order valence-electron chi connectivity index (χ2n) is 13.9. The van der Waals surface area contributed by atoms with Crippen molar-refractivity contribution in [2.24, 2.45) is 0 Å². The van der Waals surface area contributed by atoms with E-state index < -0.39 is 0 Å². The number of nitrogens with zero attached hydrogens (tertiary/aromatic N) is 2. The summed E-state index contributed by atoms with van der Waals surface area (Å²) in [4.78, 5) is 4.65. The third-order valence-corrected chi connectivity index (χ3v) is 10.3. The SMILES string of the molecule is C=Cc1ccc(Oc2ccc(N(c3cccc(N(c4ccc(Oc5ccc(C=C)cc5)cc4)c4cccc5ccccc45)c3)c3cccc4ccccc34)cc2)cc1. The van der Waals surface area contributed by atoms with Crippen LogP contribution in [0.5, 0.6) is 23.0 Å². The molecule has 0 aliphatic rings. The van der Waals surface area contributed by atoms with E-state index in [0.717, 1.165) is 79.0 Å². The van der Waals surface area contributed by atoms with Crippen molar-refractivity contribution in [1.82, 2.24) is 0 Å². The minimum atomic E-state index is 0.755. The zero-order valence-corrected chi connectivity index (χ0v) is 31.9. The molecular weight excluding hydrogens is 709 g/mol. The predicted molar refractivity (Wildman–Crippen MR) is 244 cm³/mol. The monoisotopic (exact) mass is 748 g/mol. The fourth-order valence-corrected chi connectivity index (χ4v) is 7.37. The fourth-order valence-electron chi connectivity index (χ4n) is 7.37. The Bertz CT molecular complexity index is 2660. The van der Waals surface area contributed by atoms with E-state index >= 15 is 0 Å². The highest BCUT2D eigenvalue weighted by Crippen LogP contribution is 2.44. The van der Waals surface area contributed by atoms with Gasteiger partial charge in [0.05, 0.1) is 11.4 Å². The summed E-state index contributed by atoms with van der Waals surface area (Å²) in [5.41, 5.74) is 8.26. The summed E-state index contributed by atoms with van der Waals surface area (Å²) in [6.45, 7) is 7.72. The van der Waals surface area contributed by atoms with Crippen molar-refractivity contribution >= 4 is 67.8 Å². The van der Waals surface area contributed by atoms with Gasteiger partial charge in [-0.15, -0.1) is 0 Å². The molecule has 0 N–H and O–H groups in total. The molecule has 0 spiro atoms. The van der Waals surface area contributed by atoms with E-state index in [1.54, 1.807) is 0 Å². The molecule has 9 aromatic rings. The zero-order valence-electron chi connectivity index (χ0n) is 31.9. The second kappa shape index (κ2) is 16.1. The quantitative estimate of drug-likeness (QED) is 0.124. The number of benzene rings is 9. The summed E-state index contributed by atoms with van der Waals surface area (Å²) in [6.07, 6.45) is 3.65. The molecule has 0 atom stereocenters. The van der Waals surface area contributed by atoms with Crippen LogP contribution in [0, 0.1) is 0 Å². The molecule has 0 aliphatic carbocycles. The van der Waals surface area contributed by atoms with Crippen LogP contribution in [0.15, 0.2) is 219 Å². The fraction of sp³-hybridized carbons (Fsp3) is 0. The first-order valence-corrected chi connectivity index (χ1v) is 19.3. The van der Waals surface area contributed by atoms with Gasteiger partial charge in [-0.2, -0.15) is 0 Å². The molecule has 9 aromatic carbocycles. The molecule has 4 heteroatoms. The molecule has 0 bridgehead atoms. The molecule has 0 saturated heterocycles. The van der Waals surface area contributed by atoms with Crippen molar-refractivity contribution in [1.29, 1.82) is 0 Å². The maximum absolute atomic E-state index is 6.26.